The maximum absolute atomic E-state index is 14.5. The first-order valence-corrected chi connectivity index (χ1v) is 8.34. The molecule has 4 heteroatoms. The Balaban J connectivity index is 2.04. The SMILES string of the molecule is Cc1ccccc1C(c1ccccc1F)N1CCCC(C(=O)O)C1. The van der Waals surface area contributed by atoms with E-state index in [1.54, 1.807) is 12.1 Å². The molecule has 126 valence electrons. The number of benzene rings is 2. The third kappa shape index (κ3) is 3.34. The monoisotopic (exact) mass is 327 g/mol. The van der Waals surface area contributed by atoms with Crippen molar-refractivity contribution in [2.45, 2.75) is 25.8 Å². The van der Waals surface area contributed by atoms with Gasteiger partial charge in [-0.25, -0.2) is 4.39 Å². The van der Waals surface area contributed by atoms with Gasteiger partial charge in [0.1, 0.15) is 5.82 Å². The fraction of sp³-hybridized carbons (Fsp3) is 0.350. The smallest absolute Gasteiger partial charge is 0.307 e. The Morgan fingerprint density at radius 2 is 1.83 bits per heavy atom. The van der Waals surface area contributed by atoms with Gasteiger partial charge in [-0.3, -0.25) is 9.69 Å². The molecule has 0 spiro atoms. The number of rotatable bonds is 4. The van der Waals surface area contributed by atoms with E-state index in [0.717, 1.165) is 24.1 Å². The average Bonchev–Trinajstić information content (AvgIpc) is 2.59. The Kier molecular flexibility index (Phi) is 4.95. The lowest BCUT2D eigenvalue weighted by atomic mass is 9.89. The molecule has 1 aliphatic heterocycles. The third-order valence-electron chi connectivity index (χ3n) is 4.85. The summed E-state index contributed by atoms with van der Waals surface area (Å²) in [6.45, 7) is 3.24. The summed E-state index contributed by atoms with van der Waals surface area (Å²) in [6, 6.07) is 14.5. The summed E-state index contributed by atoms with van der Waals surface area (Å²) in [4.78, 5) is 13.5. The van der Waals surface area contributed by atoms with Gasteiger partial charge >= 0.3 is 5.97 Å². The Morgan fingerprint density at radius 1 is 1.17 bits per heavy atom. The number of aliphatic carboxylic acids is 1. The van der Waals surface area contributed by atoms with Crippen molar-refractivity contribution in [1.82, 2.24) is 4.90 Å². The molecular weight excluding hydrogens is 305 g/mol. The van der Waals surface area contributed by atoms with Crippen molar-refractivity contribution >= 4 is 5.97 Å². The molecule has 3 rings (SSSR count). The van der Waals surface area contributed by atoms with Gasteiger partial charge in [0.25, 0.3) is 0 Å². The maximum atomic E-state index is 14.5. The summed E-state index contributed by atoms with van der Waals surface area (Å²) in [5.41, 5.74) is 2.73. The Hall–Kier alpha value is -2.20. The minimum absolute atomic E-state index is 0.247. The lowest BCUT2D eigenvalue weighted by molar-refractivity contribution is -0.143. The van der Waals surface area contributed by atoms with E-state index in [9.17, 15) is 14.3 Å². The number of carboxylic acids is 1. The first kappa shape index (κ1) is 16.7. The van der Waals surface area contributed by atoms with Crippen LogP contribution in [0.1, 0.15) is 35.6 Å². The predicted octanol–water partition coefficient (Wildman–Crippen LogP) is 4.02. The van der Waals surface area contributed by atoms with E-state index in [1.807, 2.05) is 37.3 Å². The zero-order valence-electron chi connectivity index (χ0n) is 13.8. The summed E-state index contributed by atoms with van der Waals surface area (Å²) in [6.07, 6.45) is 1.50. The van der Waals surface area contributed by atoms with Gasteiger partial charge in [-0.05, 0) is 43.5 Å². The average molecular weight is 327 g/mol. The summed E-state index contributed by atoms with van der Waals surface area (Å²) in [5.74, 6) is -1.41. The van der Waals surface area contributed by atoms with Gasteiger partial charge < -0.3 is 5.11 Å². The van der Waals surface area contributed by atoms with Gasteiger partial charge in [-0.15, -0.1) is 0 Å². The molecule has 0 radical (unpaired) electrons. The Morgan fingerprint density at radius 3 is 2.50 bits per heavy atom. The van der Waals surface area contributed by atoms with Crippen LogP contribution in [0.4, 0.5) is 4.39 Å². The van der Waals surface area contributed by atoms with Crippen molar-refractivity contribution in [3.8, 4) is 0 Å². The molecule has 1 aliphatic rings. The molecule has 3 nitrogen and oxygen atoms in total. The highest BCUT2D eigenvalue weighted by Gasteiger charge is 2.32. The van der Waals surface area contributed by atoms with Crippen LogP contribution in [0.3, 0.4) is 0 Å². The molecule has 2 unspecified atom stereocenters. The van der Waals surface area contributed by atoms with E-state index in [0.29, 0.717) is 18.5 Å². The van der Waals surface area contributed by atoms with Gasteiger partial charge in [0.15, 0.2) is 0 Å². The number of hydrogen-bond acceptors (Lipinski definition) is 2. The second-order valence-corrected chi connectivity index (χ2v) is 6.45. The van der Waals surface area contributed by atoms with Crippen molar-refractivity contribution in [2.24, 2.45) is 5.92 Å². The van der Waals surface area contributed by atoms with Crippen LogP contribution < -0.4 is 0 Å². The second-order valence-electron chi connectivity index (χ2n) is 6.45. The number of aryl methyl sites for hydroxylation is 1. The quantitative estimate of drug-likeness (QED) is 0.922. The van der Waals surface area contributed by atoms with E-state index in [2.05, 4.69) is 4.90 Å². The fourth-order valence-electron chi connectivity index (χ4n) is 3.59. The van der Waals surface area contributed by atoms with E-state index < -0.39 is 11.9 Å². The molecule has 2 atom stereocenters. The van der Waals surface area contributed by atoms with Gasteiger partial charge in [-0.2, -0.15) is 0 Å². The topological polar surface area (TPSA) is 40.5 Å². The number of carbonyl (C=O) groups is 1. The number of nitrogens with zero attached hydrogens (tertiary/aromatic N) is 1. The van der Waals surface area contributed by atoms with Crippen LogP contribution in [-0.2, 0) is 4.79 Å². The molecule has 0 amide bonds. The second kappa shape index (κ2) is 7.14. The minimum Gasteiger partial charge on any atom is -0.481 e. The third-order valence-corrected chi connectivity index (χ3v) is 4.85. The van der Waals surface area contributed by atoms with Gasteiger partial charge in [0, 0.05) is 12.1 Å². The summed E-state index contributed by atoms with van der Waals surface area (Å²) < 4.78 is 14.5. The highest BCUT2D eigenvalue weighted by Crippen LogP contribution is 2.35. The van der Waals surface area contributed by atoms with Crippen LogP contribution in [0, 0.1) is 18.7 Å². The first-order valence-electron chi connectivity index (χ1n) is 8.34. The molecule has 2 aromatic carbocycles. The van der Waals surface area contributed by atoms with Crippen LogP contribution in [0.25, 0.3) is 0 Å². The lowest BCUT2D eigenvalue weighted by Gasteiger charge is -2.38. The van der Waals surface area contributed by atoms with Crippen molar-refractivity contribution in [2.75, 3.05) is 13.1 Å². The first-order chi connectivity index (χ1) is 11.6. The highest BCUT2D eigenvalue weighted by molar-refractivity contribution is 5.70. The molecule has 0 aromatic heterocycles. The molecular formula is C20H22FNO2. The van der Waals surface area contributed by atoms with Crippen molar-refractivity contribution in [1.29, 1.82) is 0 Å². The predicted molar refractivity (Wildman–Crippen MR) is 91.4 cm³/mol. The maximum Gasteiger partial charge on any atom is 0.307 e. The Bertz CT molecular complexity index is 686. The zero-order valence-corrected chi connectivity index (χ0v) is 13.8. The van der Waals surface area contributed by atoms with Gasteiger partial charge in [0.05, 0.1) is 12.0 Å². The lowest BCUT2D eigenvalue weighted by Crippen LogP contribution is -2.41. The molecule has 0 bridgehead atoms. The Labute approximate surface area is 141 Å². The molecule has 1 heterocycles. The number of carboxylic acid groups (broad SMARTS) is 1. The minimum atomic E-state index is -0.767. The van der Waals surface area contributed by atoms with Crippen LogP contribution >= 0.6 is 0 Å². The highest BCUT2D eigenvalue weighted by atomic mass is 19.1. The van der Waals surface area contributed by atoms with Crippen LogP contribution in [0.15, 0.2) is 48.5 Å². The largest absolute Gasteiger partial charge is 0.481 e. The zero-order chi connectivity index (χ0) is 17.1. The van der Waals surface area contributed by atoms with E-state index in [-0.39, 0.29) is 11.9 Å². The number of halogens is 1. The van der Waals surface area contributed by atoms with Crippen LogP contribution in [0.5, 0.6) is 0 Å². The fourth-order valence-corrected chi connectivity index (χ4v) is 3.59. The van der Waals surface area contributed by atoms with Crippen LogP contribution in [-0.4, -0.2) is 29.1 Å². The van der Waals surface area contributed by atoms with Crippen molar-refractivity contribution in [3.05, 3.63) is 71.0 Å². The summed E-state index contributed by atoms with van der Waals surface area (Å²) in [5, 5.41) is 9.39. The van der Waals surface area contributed by atoms with E-state index in [4.69, 9.17) is 0 Å². The van der Waals surface area contributed by atoms with Crippen molar-refractivity contribution in [3.63, 3.8) is 0 Å². The van der Waals surface area contributed by atoms with Gasteiger partial charge in [-0.1, -0.05) is 42.5 Å². The number of likely N-dealkylation sites (tertiary alicyclic amines) is 1. The number of piperidine rings is 1. The van der Waals surface area contributed by atoms with Crippen LogP contribution in [0.2, 0.25) is 0 Å². The molecule has 0 aliphatic carbocycles. The van der Waals surface area contributed by atoms with Gasteiger partial charge in [0.2, 0.25) is 0 Å². The molecule has 1 N–H and O–H groups in total. The summed E-state index contributed by atoms with van der Waals surface area (Å²) in [7, 11) is 0. The standard InChI is InChI=1S/C20H22FNO2/c1-14-7-2-3-9-16(14)19(17-10-4-5-11-18(17)21)22-12-6-8-15(13-22)20(23)24/h2-5,7,9-11,15,19H,6,8,12-13H2,1H3,(H,23,24). The number of hydrogen-bond donors (Lipinski definition) is 1. The van der Waals surface area contributed by atoms with E-state index in [1.165, 1.54) is 6.07 Å². The summed E-state index contributed by atoms with van der Waals surface area (Å²) >= 11 is 0. The molecule has 1 saturated heterocycles. The molecule has 24 heavy (non-hydrogen) atoms. The molecule has 0 saturated carbocycles. The normalized spacial score (nSPS) is 19.8. The van der Waals surface area contributed by atoms with Crippen molar-refractivity contribution < 1.29 is 14.3 Å². The molecule has 2 aromatic rings. The van der Waals surface area contributed by atoms with E-state index >= 15 is 0 Å². The molecule has 1 fully saturated rings.